The Morgan fingerprint density at radius 1 is 1.27 bits per heavy atom. The maximum absolute atomic E-state index is 6.29. The van der Waals surface area contributed by atoms with Gasteiger partial charge in [-0.2, -0.15) is 5.10 Å². The summed E-state index contributed by atoms with van der Waals surface area (Å²) in [5, 5.41) is 8.08. The summed E-state index contributed by atoms with van der Waals surface area (Å²) >= 11 is 0. The van der Waals surface area contributed by atoms with Crippen LogP contribution in [0.25, 0.3) is 22.4 Å². The maximum Gasteiger partial charge on any atom is 0.139 e. The van der Waals surface area contributed by atoms with E-state index in [0.29, 0.717) is 34.8 Å². The highest BCUT2D eigenvalue weighted by Crippen LogP contribution is 2.30. The van der Waals surface area contributed by atoms with Crippen molar-refractivity contribution in [3.05, 3.63) is 36.2 Å². The van der Waals surface area contributed by atoms with Crippen LogP contribution >= 0.6 is 0 Å². The number of likely N-dealkylation sites (tertiary alicyclic amines) is 1. The fourth-order valence-electron chi connectivity index (χ4n) is 3.29. The van der Waals surface area contributed by atoms with Crippen molar-refractivity contribution in [2.75, 3.05) is 32.0 Å². The van der Waals surface area contributed by atoms with Crippen LogP contribution < -0.4 is 10.5 Å². The van der Waals surface area contributed by atoms with Gasteiger partial charge in [-0.1, -0.05) is 0 Å². The van der Waals surface area contributed by atoms with Gasteiger partial charge in [0.25, 0.3) is 0 Å². The van der Waals surface area contributed by atoms with Crippen LogP contribution in [0.1, 0.15) is 18.4 Å². The second-order valence-electron chi connectivity index (χ2n) is 6.54. The number of rotatable bonds is 5. The summed E-state index contributed by atoms with van der Waals surface area (Å²) in [6.07, 6.45) is 5.92. The molecule has 2 N–H and O–H groups in total. The quantitative estimate of drug-likeness (QED) is 0.756. The van der Waals surface area contributed by atoms with Gasteiger partial charge >= 0.3 is 0 Å². The molecule has 3 aromatic heterocycles. The lowest BCUT2D eigenvalue weighted by Crippen LogP contribution is -2.25. The molecule has 1 aliphatic rings. The lowest BCUT2D eigenvalue weighted by atomic mass is 10.1. The van der Waals surface area contributed by atoms with Crippen molar-refractivity contribution < 1.29 is 4.74 Å². The highest BCUT2D eigenvalue weighted by Gasteiger charge is 2.15. The van der Waals surface area contributed by atoms with Crippen molar-refractivity contribution in [3.8, 4) is 17.1 Å². The Labute approximate surface area is 152 Å². The summed E-state index contributed by atoms with van der Waals surface area (Å²) in [6, 6.07) is 5.60. The van der Waals surface area contributed by atoms with Crippen LogP contribution in [0.5, 0.6) is 5.75 Å². The molecular formula is C19H22N6O. The minimum absolute atomic E-state index is 0.610. The van der Waals surface area contributed by atoms with E-state index in [4.69, 9.17) is 15.5 Å². The van der Waals surface area contributed by atoms with E-state index in [9.17, 15) is 0 Å². The molecule has 3 aromatic rings. The van der Waals surface area contributed by atoms with Crippen LogP contribution in [0, 0.1) is 6.92 Å². The van der Waals surface area contributed by atoms with Crippen molar-refractivity contribution in [2.24, 2.45) is 0 Å². The minimum atomic E-state index is 0.610. The number of ether oxygens (including phenoxy) is 1. The van der Waals surface area contributed by atoms with Crippen LogP contribution in [0.15, 0.2) is 30.6 Å². The Balaban J connectivity index is 1.61. The number of aromatic nitrogens is 4. The van der Waals surface area contributed by atoms with Gasteiger partial charge in [0.05, 0.1) is 23.1 Å². The van der Waals surface area contributed by atoms with E-state index in [1.54, 1.807) is 12.4 Å². The summed E-state index contributed by atoms with van der Waals surface area (Å²) in [4.78, 5) is 11.6. The number of nitrogens with zero attached hydrogens (tertiary/aromatic N) is 5. The van der Waals surface area contributed by atoms with Gasteiger partial charge in [0, 0.05) is 24.4 Å². The molecule has 0 spiro atoms. The molecule has 7 heteroatoms. The van der Waals surface area contributed by atoms with E-state index < -0.39 is 0 Å². The van der Waals surface area contributed by atoms with E-state index in [0.717, 1.165) is 30.9 Å². The van der Waals surface area contributed by atoms with Crippen LogP contribution in [-0.4, -0.2) is 51.3 Å². The number of anilines is 1. The molecule has 1 saturated heterocycles. The second kappa shape index (κ2) is 7.21. The molecule has 0 aliphatic carbocycles. The predicted octanol–water partition coefficient (Wildman–Crippen LogP) is 2.45. The molecule has 0 unspecified atom stereocenters. The topological polar surface area (TPSA) is 90.0 Å². The average molecular weight is 350 g/mol. The third kappa shape index (κ3) is 3.30. The molecular weight excluding hydrogens is 328 g/mol. The summed E-state index contributed by atoms with van der Waals surface area (Å²) in [5.41, 5.74) is 10.6. The molecule has 0 saturated carbocycles. The first kappa shape index (κ1) is 16.7. The molecule has 0 radical (unpaired) electrons. The van der Waals surface area contributed by atoms with Crippen LogP contribution in [0.3, 0.4) is 0 Å². The molecule has 1 fully saturated rings. The molecule has 134 valence electrons. The zero-order valence-electron chi connectivity index (χ0n) is 14.9. The van der Waals surface area contributed by atoms with Gasteiger partial charge in [-0.05, 0) is 45.0 Å². The Kier molecular flexibility index (Phi) is 4.62. The molecule has 0 aromatic carbocycles. The van der Waals surface area contributed by atoms with Gasteiger partial charge in [0.2, 0.25) is 0 Å². The Hall–Kier alpha value is -2.80. The molecule has 4 heterocycles. The number of hydrogen-bond acceptors (Lipinski definition) is 7. The highest BCUT2D eigenvalue weighted by atomic mass is 16.5. The van der Waals surface area contributed by atoms with Gasteiger partial charge < -0.3 is 10.5 Å². The van der Waals surface area contributed by atoms with Gasteiger partial charge in [-0.15, -0.1) is 5.10 Å². The monoisotopic (exact) mass is 350 g/mol. The molecule has 4 rings (SSSR count). The Morgan fingerprint density at radius 3 is 2.88 bits per heavy atom. The van der Waals surface area contributed by atoms with Crippen molar-refractivity contribution >= 4 is 16.7 Å². The number of pyridine rings is 2. The van der Waals surface area contributed by atoms with Gasteiger partial charge in [-0.3, -0.25) is 4.90 Å². The van der Waals surface area contributed by atoms with Gasteiger partial charge in [-0.25, -0.2) is 9.97 Å². The van der Waals surface area contributed by atoms with Crippen LogP contribution in [-0.2, 0) is 0 Å². The first-order valence-electron chi connectivity index (χ1n) is 8.91. The molecule has 1 aliphatic heterocycles. The summed E-state index contributed by atoms with van der Waals surface area (Å²) in [6.45, 7) is 5.84. The number of nitrogens with two attached hydrogens (primary N) is 1. The standard InChI is InChI=1S/C19H22N6O/c1-13-17(20)19-16(23-18(13)15-5-4-6-22-24-15)11-14(12-21-19)26-10-9-25-7-2-3-8-25/h4-6,11-12H,2-3,7-10H2,1H3,(H2,20,23). The van der Waals surface area contributed by atoms with Gasteiger partial charge in [0.15, 0.2) is 0 Å². The Morgan fingerprint density at radius 2 is 2.12 bits per heavy atom. The van der Waals surface area contributed by atoms with Crippen molar-refractivity contribution in [1.82, 2.24) is 25.1 Å². The third-order valence-electron chi connectivity index (χ3n) is 4.78. The Bertz CT molecular complexity index is 909. The summed E-state index contributed by atoms with van der Waals surface area (Å²) in [5.74, 6) is 0.706. The zero-order valence-corrected chi connectivity index (χ0v) is 14.9. The number of hydrogen-bond donors (Lipinski definition) is 1. The third-order valence-corrected chi connectivity index (χ3v) is 4.78. The molecule has 7 nitrogen and oxygen atoms in total. The summed E-state index contributed by atoms with van der Waals surface area (Å²) in [7, 11) is 0. The zero-order chi connectivity index (χ0) is 17.9. The lowest BCUT2D eigenvalue weighted by molar-refractivity contribution is 0.237. The largest absolute Gasteiger partial charge is 0.491 e. The second-order valence-corrected chi connectivity index (χ2v) is 6.54. The molecule has 0 bridgehead atoms. The predicted molar refractivity (Wildman–Crippen MR) is 101 cm³/mol. The normalized spacial score (nSPS) is 14.8. The molecule has 0 atom stereocenters. The van der Waals surface area contributed by atoms with Gasteiger partial charge in [0.1, 0.15) is 23.6 Å². The van der Waals surface area contributed by atoms with E-state index in [1.165, 1.54) is 12.8 Å². The smallest absolute Gasteiger partial charge is 0.139 e. The van der Waals surface area contributed by atoms with Crippen LogP contribution in [0.4, 0.5) is 5.69 Å². The number of nitrogen functional groups attached to an aromatic ring is 1. The van der Waals surface area contributed by atoms with Crippen LogP contribution in [0.2, 0.25) is 0 Å². The fourth-order valence-corrected chi connectivity index (χ4v) is 3.29. The number of fused-ring (bicyclic) bond motifs is 1. The first-order valence-corrected chi connectivity index (χ1v) is 8.91. The highest BCUT2D eigenvalue weighted by molar-refractivity contribution is 5.92. The maximum atomic E-state index is 6.29. The SMILES string of the molecule is Cc1c(-c2cccnn2)nc2cc(OCCN3CCCC3)cnc2c1N. The van der Waals surface area contributed by atoms with E-state index in [2.05, 4.69) is 20.1 Å². The molecule has 26 heavy (non-hydrogen) atoms. The minimum Gasteiger partial charge on any atom is -0.491 e. The van der Waals surface area contributed by atoms with Crippen molar-refractivity contribution in [2.45, 2.75) is 19.8 Å². The summed E-state index contributed by atoms with van der Waals surface area (Å²) < 4.78 is 5.88. The average Bonchev–Trinajstić information content (AvgIpc) is 3.19. The first-order chi connectivity index (χ1) is 12.7. The van der Waals surface area contributed by atoms with E-state index in [-0.39, 0.29) is 0 Å². The van der Waals surface area contributed by atoms with Crippen molar-refractivity contribution in [1.29, 1.82) is 0 Å². The van der Waals surface area contributed by atoms with E-state index in [1.807, 2.05) is 25.1 Å². The lowest BCUT2D eigenvalue weighted by Gasteiger charge is -2.15. The molecule has 0 amide bonds. The van der Waals surface area contributed by atoms with E-state index >= 15 is 0 Å². The fraction of sp³-hybridized carbons (Fsp3) is 0.368. The van der Waals surface area contributed by atoms with Crippen molar-refractivity contribution in [3.63, 3.8) is 0 Å².